The molecule has 94 valence electrons. The van der Waals surface area contributed by atoms with Gasteiger partial charge in [-0.3, -0.25) is 9.59 Å². The van der Waals surface area contributed by atoms with Crippen molar-refractivity contribution >= 4 is 48.6 Å². The molecule has 0 unspecified atom stereocenters. The van der Waals surface area contributed by atoms with Gasteiger partial charge in [-0.25, -0.2) is 4.68 Å². The molecule has 1 aromatic carbocycles. The van der Waals surface area contributed by atoms with Crippen molar-refractivity contribution in [2.45, 2.75) is 6.54 Å². The van der Waals surface area contributed by atoms with Gasteiger partial charge < -0.3 is 4.74 Å². The van der Waals surface area contributed by atoms with E-state index in [-0.39, 0.29) is 12.1 Å². The van der Waals surface area contributed by atoms with Crippen LogP contribution in [0.15, 0.2) is 32.1 Å². The molecule has 0 radical (unpaired) electrons. The number of nitrogens with zero attached hydrogens (tertiary/aromatic N) is 2. The van der Waals surface area contributed by atoms with Crippen LogP contribution >= 0.6 is 31.9 Å². The number of hydrogen-bond donors (Lipinski definition) is 0. The van der Waals surface area contributed by atoms with E-state index in [1.807, 2.05) is 0 Å². The number of benzene rings is 1. The van der Waals surface area contributed by atoms with Crippen LogP contribution in [0.2, 0.25) is 0 Å². The van der Waals surface area contributed by atoms with E-state index < -0.39 is 5.97 Å². The number of hydrogen-bond acceptors (Lipinski definition) is 4. The molecule has 1 aromatic heterocycles. The van der Waals surface area contributed by atoms with Gasteiger partial charge in [-0.15, -0.1) is 0 Å². The lowest BCUT2D eigenvalue weighted by atomic mass is 10.2. The van der Waals surface area contributed by atoms with Gasteiger partial charge in [-0.05, 0) is 34.1 Å². The maximum absolute atomic E-state index is 12.1. The van der Waals surface area contributed by atoms with Crippen LogP contribution in [-0.4, -0.2) is 22.9 Å². The molecule has 0 saturated heterocycles. The molecule has 0 aliphatic rings. The van der Waals surface area contributed by atoms with Crippen LogP contribution in [-0.2, 0) is 16.1 Å². The predicted molar refractivity (Wildman–Crippen MR) is 73.4 cm³/mol. The molecule has 0 aliphatic heterocycles. The summed E-state index contributed by atoms with van der Waals surface area (Å²) in [4.78, 5) is 23.3. The molecule has 7 heteroatoms. The molecule has 0 bridgehead atoms. The van der Waals surface area contributed by atoms with Gasteiger partial charge in [-0.2, -0.15) is 5.10 Å². The van der Waals surface area contributed by atoms with Gasteiger partial charge in [0.15, 0.2) is 0 Å². The Morgan fingerprint density at radius 1 is 1.39 bits per heavy atom. The lowest BCUT2D eigenvalue weighted by molar-refractivity contribution is -0.141. The summed E-state index contributed by atoms with van der Waals surface area (Å²) in [5, 5.41) is 5.21. The first kappa shape index (κ1) is 13.2. The van der Waals surface area contributed by atoms with Crippen molar-refractivity contribution in [1.82, 2.24) is 9.78 Å². The third-order valence-electron chi connectivity index (χ3n) is 2.38. The smallest absolute Gasteiger partial charge is 0.327 e. The lowest BCUT2D eigenvalue weighted by Crippen LogP contribution is -2.27. The molecular formula is C11H8Br2N2O3. The Kier molecular flexibility index (Phi) is 3.82. The standard InChI is InChI=1S/C11H8Br2N2O3/c1-18-9(16)5-15-11(17)7-3-2-6(12)4-8(7)10(13)14-15/h2-4H,5H2,1H3. The van der Waals surface area contributed by atoms with E-state index in [0.717, 1.165) is 9.15 Å². The van der Waals surface area contributed by atoms with Crippen LogP contribution in [0.25, 0.3) is 10.8 Å². The molecule has 0 saturated carbocycles. The highest BCUT2D eigenvalue weighted by molar-refractivity contribution is 9.11. The van der Waals surface area contributed by atoms with E-state index in [0.29, 0.717) is 15.4 Å². The highest BCUT2D eigenvalue weighted by Crippen LogP contribution is 2.22. The molecule has 18 heavy (non-hydrogen) atoms. The number of fused-ring (bicyclic) bond motifs is 1. The largest absolute Gasteiger partial charge is 0.468 e. The fraction of sp³-hybridized carbons (Fsp3) is 0.182. The molecule has 5 nitrogen and oxygen atoms in total. The highest BCUT2D eigenvalue weighted by Gasteiger charge is 2.11. The zero-order valence-corrected chi connectivity index (χ0v) is 12.5. The van der Waals surface area contributed by atoms with E-state index in [4.69, 9.17) is 0 Å². The first-order valence-electron chi connectivity index (χ1n) is 4.95. The first-order chi connectivity index (χ1) is 8.52. The van der Waals surface area contributed by atoms with Crippen molar-refractivity contribution in [2.24, 2.45) is 0 Å². The van der Waals surface area contributed by atoms with Crippen molar-refractivity contribution < 1.29 is 9.53 Å². The zero-order chi connectivity index (χ0) is 13.3. The molecule has 2 aromatic rings. The normalized spacial score (nSPS) is 10.6. The van der Waals surface area contributed by atoms with Crippen molar-refractivity contribution in [2.75, 3.05) is 7.11 Å². The van der Waals surface area contributed by atoms with E-state index in [1.165, 1.54) is 7.11 Å². The topological polar surface area (TPSA) is 61.2 Å². The van der Waals surface area contributed by atoms with Gasteiger partial charge >= 0.3 is 5.97 Å². The maximum Gasteiger partial charge on any atom is 0.327 e. The second-order valence-corrected chi connectivity index (χ2v) is 5.19. The summed E-state index contributed by atoms with van der Waals surface area (Å²) in [6, 6.07) is 5.23. The minimum atomic E-state index is -0.520. The van der Waals surface area contributed by atoms with Crippen LogP contribution in [0, 0.1) is 0 Å². The zero-order valence-electron chi connectivity index (χ0n) is 9.31. The number of carbonyl (C=O) groups is 1. The van der Waals surface area contributed by atoms with Crippen LogP contribution < -0.4 is 5.56 Å². The van der Waals surface area contributed by atoms with Gasteiger partial charge in [0.1, 0.15) is 11.1 Å². The fourth-order valence-electron chi connectivity index (χ4n) is 1.51. The fourth-order valence-corrected chi connectivity index (χ4v) is 2.39. The van der Waals surface area contributed by atoms with Crippen molar-refractivity contribution in [3.05, 3.63) is 37.6 Å². The highest BCUT2D eigenvalue weighted by atomic mass is 79.9. The van der Waals surface area contributed by atoms with Crippen LogP contribution in [0.5, 0.6) is 0 Å². The van der Waals surface area contributed by atoms with Gasteiger partial charge in [0.2, 0.25) is 0 Å². The van der Waals surface area contributed by atoms with Gasteiger partial charge in [-0.1, -0.05) is 15.9 Å². The number of ether oxygens (including phenoxy) is 1. The molecule has 0 amide bonds. The monoisotopic (exact) mass is 374 g/mol. The van der Waals surface area contributed by atoms with Gasteiger partial charge in [0.05, 0.1) is 12.5 Å². The Bertz CT molecular complexity index is 682. The number of carbonyl (C=O) groups excluding carboxylic acids is 1. The second-order valence-electron chi connectivity index (χ2n) is 3.52. The summed E-state index contributed by atoms with van der Waals surface area (Å²) >= 11 is 6.61. The molecular weight excluding hydrogens is 368 g/mol. The summed E-state index contributed by atoms with van der Waals surface area (Å²) < 4.78 is 6.95. The summed E-state index contributed by atoms with van der Waals surface area (Å²) in [6.45, 7) is -0.208. The van der Waals surface area contributed by atoms with Gasteiger partial charge in [0, 0.05) is 9.86 Å². The second kappa shape index (κ2) is 5.19. The number of esters is 1. The molecule has 0 atom stereocenters. The number of rotatable bonds is 2. The van der Waals surface area contributed by atoms with E-state index in [2.05, 4.69) is 41.7 Å². The predicted octanol–water partition coefficient (Wildman–Crippen LogP) is 2.09. The summed E-state index contributed by atoms with van der Waals surface area (Å²) in [7, 11) is 1.26. The van der Waals surface area contributed by atoms with Crippen LogP contribution in [0.3, 0.4) is 0 Å². The van der Waals surface area contributed by atoms with E-state index in [1.54, 1.807) is 18.2 Å². The molecule has 0 aliphatic carbocycles. The minimum absolute atomic E-state index is 0.208. The number of halogens is 2. The first-order valence-corrected chi connectivity index (χ1v) is 6.54. The Hall–Kier alpha value is -1.21. The quantitative estimate of drug-likeness (QED) is 0.754. The van der Waals surface area contributed by atoms with Crippen molar-refractivity contribution in [3.63, 3.8) is 0 Å². The molecule has 0 spiro atoms. The molecule has 0 fully saturated rings. The van der Waals surface area contributed by atoms with Crippen LogP contribution in [0.1, 0.15) is 0 Å². The van der Waals surface area contributed by atoms with E-state index >= 15 is 0 Å². The Balaban J connectivity index is 2.65. The van der Waals surface area contributed by atoms with Crippen LogP contribution in [0.4, 0.5) is 0 Å². The molecule has 0 N–H and O–H groups in total. The lowest BCUT2D eigenvalue weighted by Gasteiger charge is -2.07. The summed E-state index contributed by atoms with van der Waals surface area (Å²) in [6.07, 6.45) is 0. The number of aromatic nitrogens is 2. The summed E-state index contributed by atoms with van der Waals surface area (Å²) in [5.41, 5.74) is -0.328. The summed E-state index contributed by atoms with van der Waals surface area (Å²) in [5.74, 6) is -0.520. The SMILES string of the molecule is COC(=O)Cn1nc(Br)c2cc(Br)ccc2c1=O. The van der Waals surface area contributed by atoms with E-state index in [9.17, 15) is 9.59 Å². The minimum Gasteiger partial charge on any atom is -0.468 e. The third-order valence-corrected chi connectivity index (χ3v) is 3.46. The average Bonchev–Trinajstić information content (AvgIpc) is 2.35. The average molecular weight is 376 g/mol. The Morgan fingerprint density at radius 2 is 2.11 bits per heavy atom. The third kappa shape index (κ3) is 2.46. The van der Waals surface area contributed by atoms with Gasteiger partial charge in [0.25, 0.3) is 5.56 Å². The Morgan fingerprint density at radius 3 is 2.78 bits per heavy atom. The van der Waals surface area contributed by atoms with Crippen molar-refractivity contribution in [1.29, 1.82) is 0 Å². The molecule has 1 heterocycles. The molecule has 2 rings (SSSR count). The Labute approximate surface area is 119 Å². The maximum atomic E-state index is 12.1. The van der Waals surface area contributed by atoms with Crippen molar-refractivity contribution in [3.8, 4) is 0 Å². The number of methoxy groups -OCH3 is 1.